The number of benzene rings is 1. The van der Waals surface area contributed by atoms with E-state index < -0.39 is 11.0 Å². The minimum Gasteiger partial charge on any atom is -0.389 e. The van der Waals surface area contributed by atoms with Crippen LogP contribution in [0, 0.1) is 10.1 Å². The Hall–Kier alpha value is -1.37. The summed E-state index contributed by atoms with van der Waals surface area (Å²) in [6, 6.07) is 4.68. The third-order valence-corrected chi connectivity index (χ3v) is 2.71. The molecule has 1 aromatic rings. The number of aliphatic hydroxyl groups excluding tert-OH is 1. The van der Waals surface area contributed by atoms with Crippen LogP contribution >= 0.6 is 11.6 Å². The molecule has 7 heteroatoms. The molecule has 0 radical (unpaired) electrons. The first-order valence-corrected chi connectivity index (χ1v) is 5.66. The third kappa shape index (κ3) is 3.56. The highest BCUT2D eigenvalue weighted by molar-refractivity contribution is 6.33. The fourth-order valence-corrected chi connectivity index (χ4v) is 1.89. The zero-order chi connectivity index (χ0) is 13.7. The number of ether oxygens (including phenoxy) is 1. The zero-order valence-electron chi connectivity index (χ0n) is 10.2. The van der Waals surface area contributed by atoms with Gasteiger partial charge >= 0.3 is 5.69 Å². The first kappa shape index (κ1) is 14.7. The first-order chi connectivity index (χ1) is 8.47. The molecule has 0 aliphatic carbocycles. The summed E-state index contributed by atoms with van der Waals surface area (Å²) in [7, 11) is 3.13. The van der Waals surface area contributed by atoms with Crippen LogP contribution in [0.3, 0.4) is 0 Å². The number of nitro groups is 1. The molecule has 1 aromatic carbocycles. The fourth-order valence-electron chi connectivity index (χ4n) is 1.65. The van der Waals surface area contributed by atoms with E-state index in [-0.39, 0.29) is 23.9 Å². The van der Waals surface area contributed by atoms with Crippen LogP contribution < -0.4 is 4.90 Å². The Labute approximate surface area is 110 Å². The predicted molar refractivity (Wildman–Crippen MR) is 69.3 cm³/mol. The standard InChI is InChI=1S/C11H15ClN2O4/c1-13(6-8(15)7-18-2)10-5-3-4-9(12)11(10)14(16)17/h3-5,8,15H,6-7H2,1-2H3. The number of aliphatic hydroxyl groups is 1. The predicted octanol–water partition coefficient (Wildman–Crippen LogP) is 1.69. The number of likely N-dealkylation sites (N-methyl/N-ethyl adjacent to an activating group) is 1. The smallest absolute Gasteiger partial charge is 0.310 e. The lowest BCUT2D eigenvalue weighted by Gasteiger charge is -2.22. The molecule has 1 N–H and O–H groups in total. The number of hydrogen-bond acceptors (Lipinski definition) is 5. The van der Waals surface area contributed by atoms with Crippen molar-refractivity contribution in [2.75, 3.05) is 32.2 Å². The Morgan fingerprint density at radius 2 is 2.28 bits per heavy atom. The van der Waals surface area contributed by atoms with Crippen molar-refractivity contribution in [1.82, 2.24) is 0 Å². The van der Waals surface area contributed by atoms with Crippen LogP contribution in [0.25, 0.3) is 0 Å². The Morgan fingerprint density at radius 3 is 2.83 bits per heavy atom. The second-order valence-electron chi connectivity index (χ2n) is 3.85. The van der Waals surface area contributed by atoms with Gasteiger partial charge in [0.1, 0.15) is 10.7 Å². The van der Waals surface area contributed by atoms with Crippen LogP contribution in [0.1, 0.15) is 0 Å². The van der Waals surface area contributed by atoms with Gasteiger partial charge in [0.05, 0.1) is 17.6 Å². The van der Waals surface area contributed by atoms with E-state index in [1.807, 2.05) is 0 Å². The van der Waals surface area contributed by atoms with Gasteiger partial charge in [-0.05, 0) is 12.1 Å². The number of hydrogen-bond donors (Lipinski definition) is 1. The highest BCUT2D eigenvalue weighted by Crippen LogP contribution is 2.34. The first-order valence-electron chi connectivity index (χ1n) is 5.28. The molecule has 0 amide bonds. The topological polar surface area (TPSA) is 75.8 Å². The second kappa shape index (κ2) is 6.53. The molecule has 0 aliphatic rings. The van der Waals surface area contributed by atoms with Crippen molar-refractivity contribution in [2.45, 2.75) is 6.10 Å². The Kier molecular flexibility index (Phi) is 5.33. The van der Waals surface area contributed by atoms with E-state index in [0.717, 1.165) is 0 Å². The lowest BCUT2D eigenvalue weighted by atomic mass is 10.2. The summed E-state index contributed by atoms with van der Waals surface area (Å²) in [6.45, 7) is 0.383. The molecule has 1 rings (SSSR count). The van der Waals surface area contributed by atoms with E-state index >= 15 is 0 Å². The van der Waals surface area contributed by atoms with Crippen LogP contribution in [-0.4, -0.2) is 43.4 Å². The molecular formula is C11H15ClN2O4. The number of anilines is 1. The van der Waals surface area contributed by atoms with E-state index in [0.29, 0.717) is 5.69 Å². The summed E-state index contributed by atoms with van der Waals surface area (Å²) in [5.74, 6) is 0. The summed E-state index contributed by atoms with van der Waals surface area (Å²) < 4.78 is 4.81. The molecule has 1 unspecified atom stereocenters. The monoisotopic (exact) mass is 274 g/mol. The quantitative estimate of drug-likeness (QED) is 0.631. The lowest BCUT2D eigenvalue weighted by molar-refractivity contribution is -0.384. The summed E-state index contributed by atoms with van der Waals surface area (Å²) in [5, 5.41) is 20.7. The van der Waals surface area contributed by atoms with Gasteiger partial charge in [0.2, 0.25) is 0 Å². The number of methoxy groups -OCH3 is 1. The summed E-state index contributed by atoms with van der Waals surface area (Å²) in [5.41, 5.74) is 0.203. The molecule has 0 saturated heterocycles. The van der Waals surface area contributed by atoms with E-state index in [1.54, 1.807) is 24.1 Å². The zero-order valence-corrected chi connectivity index (χ0v) is 10.9. The minimum absolute atomic E-state index is 0.0746. The van der Waals surface area contributed by atoms with E-state index in [1.165, 1.54) is 13.2 Å². The van der Waals surface area contributed by atoms with Crippen LogP contribution in [0.2, 0.25) is 5.02 Å². The molecule has 0 fully saturated rings. The van der Waals surface area contributed by atoms with Crippen molar-refractivity contribution in [3.63, 3.8) is 0 Å². The van der Waals surface area contributed by atoms with E-state index in [9.17, 15) is 15.2 Å². The van der Waals surface area contributed by atoms with E-state index in [4.69, 9.17) is 16.3 Å². The van der Waals surface area contributed by atoms with E-state index in [2.05, 4.69) is 0 Å². The fraction of sp³-hybridized carbons (Fsp3) is 0.455. The van der Waals surface area contributed by atoms with Gasteiger partial charge in [-0.3, -0.25) is 10.1 Å². The largest absolute Gasteiger partial charge is 0.389 e. The molecule has 6 nitrogen and oxygen atoms in total. The molecule has 1 atom stereocenters. The summed E-state index contributed by atoms with van der Waals surface area (Å²) >= 11 is 5.81. The van der Waals surface area contributed by atoms with Crippen LogP contribution in [0.4, 0.5) is 11.4 Å². The normalized spacial score (nSPS) is 12.2. The van der Waals surface area contributed by atoms with Crippen molar-refractivity contribution in [1.29, 1.82) is 0 Å². The highest BCUT2D eigenvalue weighted by Gasteiger charge is 2.22. The van der Waals surface area contributed by atoms with Crippen molar-refractivity contribution in [3.05, 3.63) is 33.3 Å². The molecule has 0 heterocycles. The van der Waals surface area contributed by atoms with Gasteiger partial charge in [-0.2, -0.15) is 0 Å². The summed E-state index contributed by atoms with van der Waals surface area (Å²) in [4.78, 5) is 12.0. The lowest BCUT2D eigenvalue weighted by Crippen LogP contribution is -2.32. The summed E-state index contributed by atoms with van der Waals surface area (Å²) in [6.07, 6.45) is -0.724. The molecule has 100 valence electrons. The molecule has 0 bridgehead atoms. The number of para-hydroxylation sites is 1. The molecule has 0 aromatic heterocycles. The van der Waals surface area contributed by atoms with Gasteiger partial charge in [-0.1, -0.05) is 17.7 Å². The third-order valence-electron chi connectivity index (χ3n) is 2.40. The highest BCUT2D eigenvalue weighted by atomic mass is 35.5. The van der Waals surface area contributed by atoms with Crippen molar-refractivity contribution in [2.24, 2.45) is 0 Å². The number of nitro benzene ring substituents is 1. The Bertz CT molecular complexity index is 428. The number of rotatable bonds is 6. The molecular weight excluding hydrogens is 260 g/mol. The van der Waals surface area contributed by atoms with Crippen LogP contribution in [0.5, 0.6) is 0 Å². The van der Waals surface area contributed by atoms with Crippen molar-refractivity contribution >= 4 is 23.0 Å². The van der Waals surface area contributed by atoms with Gasteiger partial charge in [0.15, 0.2) is 0 Å². The van der Waals surface area contributed by atoms with Crippen molar-refractivity contribution in [3.8, 4) is 0 Å². The van der Waals surface area contributed by atoms with Crippen LogP contribution in [0.15, 0.2) is 18.2 Å². The van der Waals surface area contributed by atoms with Gasteiger partial charge < -0.3 is 14.7 Å². The second-order valence-corrected chi connectivity index (χ2v) is 4.26. The average Bonchev–Trinajstić information content (AvgIpc) is 2.28. The maximum Gasteiger partial charge on any atom is 0.310 e. The maximum atomic E-state index is 11.0. The van der Waals surface area contributed by atoms with Crippen molar-refractivity contribution < 1.29 is 14.8 Å². The van der Waals surface area contributed by atoms with Gasteiger partial charge in [0.25, 0.3) is 0 Å². The van der Waals surface area contributed by atoms with Gasteiger partial charge in [0, 0.05) is 20.7 Å². The Morgan fingerprint density at radius 1 is 1.61 bits per heavy atom. The van der Waals surface area contributed by atoms with Crippen LogP contribution in [-0.2, 0) is 4.74 Å². The van der Waals surface area contributed by atoms with Gasteiger partial charge in [-0.15, -0.1) is 0 Å². The molecule has 0 aliphatic heterocycles. The number of halogens is 1. The molecule has 0 saturated carbocycles. The number of nitrogens with zero attached hydrogens (tertiary/aromatic N) is 2. The average molecular weight is 275 g/mol. The molecule has 0 spiro atoms. The molecule has 18 heavy (non-hydrogen) atoms. The minimum atomic E-state index is -0.724. The SMILES string of the molecule is COCC(O)CN(C)c1cccc(Cl)c1[N+](=O)[O-]. The maximum absolute atomic E-state index is 11.0. The van der Waals surface area contributed by atoms with Gasteiger partial charge in [-0.25, -0.2) is 0 Å². The Balaban J connectivity index is 2.95.